The van der Waals surface area contributed by atoms with E-state index in [9.17, 15) is 22.4 Å². The highest BCUT2D eigenvalue weighted by Gasteiger charge is 2.38. The number of alkyl halides is 3. The predicted octanol–water partition coefficient (Wildman–Crippen LogP) is 3.54. The number of fused-ring (bicyclic) bond motifs is 1. The van der Waals surface area contributed by atoms with Crippen molar-refractivity contribution < 1.29 is 27.1 Å². The van der Waals surface area contributed by atoms with Crippen LogP contribution in [0.3, 0.4) is 0 Å². The van der Waals surface area contributed by atoms with Crippen LogP contribution in [-0.2, 0) is 11.0 Å². The predicted molar refractivity (Wildman–Crippen MR) is 107 cm³/mol. The normalized spacial score (nSPS) is 15.2. The number of aromatic nitrogens is 4. The number of ether oxygens (including phenoxy) is 1. The van der Waals surface area contributed by atoms with Gasteiger partial charge in [0, 0.05) is 30.8 Å². The molecule has 1 aliphatic heterocycles. The molecule has 12 heteroatoms. The highest BCUT2D eigenvalue weighted by molar-refractivity contribution is 5.92. The summed E-state index contributed by atoms with van der Waals surface area (Å²) >= 11 is 0. The molecule has 170 valence electrons. The Morgan fingerprint density at radius 2 is 1.94 bits per heavy atom. The molecule has 3 heterocycles. The van der Waals surface area contributed by atoms with E-state index >= 15 is 0 Å². The second-order valence-electron chi connectivity index (χ2n) is 7.31. The van der Waals surface area contributed by atoms with E-state index in [0.29, 0.717) is 48.6 Å². The molecule has 8 nitrogen and oxygen atoms in total. The Labute approximate surface area is 180 Å². The van der Waals surface area contributed by atoms with Gasteiger partial charge < -0.3 is 15.0 Å². The van der Waals surface area contributed by atoms with Crippen LogP contribution in [0.5, 0.6) is 5.75 Å². The van der Waals surface area contributed by atoms with Crippen LogP contribution in [0.1, 0.15) is 25.6 Å². The van der Waals surface area contributed by atoms with E-state index in [2.05, 4.69) is 20.6 Å². The largest absolute Gasteiger partial charge is 0.491 e. The van der Waals surface area contributed by atoms with Crippen molar-refractivity contribution in [3.8, 4) is 5.75 Å². The van der Waals surface area contributed by atoms with Gasteiger partial charge in [-0.1, -0.05) is 0 Å². The molecule has 1 aliphatic rings. The maximum absolute atomic E-state index is 14.0. The number of rotatable bonds is 5. The van der Waals surface area contributed by atoms with Gasteiger partial charge in [0.2, 0.25) is 5.91 Å². The molecule has 1 saturated heterocycles. The Balaban J connectivity index is 1.40. The van der Waals surface area contributed by atoms with Gasteiger partial charge in [-0.3, -0.25) is 4.79 Å². The fourth-order valence-corrected chi connectivity index (χ4v) is 3.59. The fraction of sp³-hybridized carbons (Fsp3) is 0.400. The lowest BCUT2D eigenvalue weighted by Crippen LogP contribution is -2.38. The van der Waals surface area contributed by atoms with Crippen molar-refractivity contribution >= 4 is 23.1 Å². The quantitative estimate of drug-likeness (QED) is 0.597. The number of amides is 1. The van der Waals surface area contributed by atoms with Crippen molar-refractivity contribution in [1.82, 2.24) is 19.8 Å². The van der Waals surface area contributed by atoms with Crippen molar-refractivity contribution in [2.24, 2.45) is 5.92 Å². The highest BCUT2D eigenvalue weighted by atomic mass is 19.4. The monoisotopic (exact) mass is 452 g/mol. The summed E-state index contributed by atoms with van der Waals surface area (Å²) in [4.78, 5) is 14.4. The van der Waals surface area contributed by atoms with Gasteiger partial charge >= 0.3 is 6.18 Å². The minimum atomic E-state index is -4.67. The van der Waals surface area contributed by atoms with E-state index in [1.165, 1.54) is 18.2 Å². The van der Waals surface area contributed by atoms with Gasteiger partial charge in [-0.15, -0.1) is 15.3 Å². The lowest BCUT2D eigenvalue weighted by atomic mass is 9.96. The summed E-state index contributed by atoms with van der Waals surface area (Å²) < 4.78 is 59.0. The topological polar surface area (TPSA) is 84.6 Å². The standard InChI is InChI=1S/C20H20F4N6O2/c1-2-32-15-4-3-13(11-14(15)21)25-18(31)12-7-9-29(10-8-12)17-6-5-16-26-27-19(20(22,23)24)30(16)28-17/h3-6,11-12H,2,7-10H2,1H3,(H,25,31). The molecule has 1 fully saturated rings. The van der Waals surface area contributed by atoms with Gasteiger partial charge in [-0.05, 0) is 44.0 Å². The smallest absolute Gasteiger partial charge is 0.453 e. The zero-order valence-electron chi connectivity index (χ0n) is 17.1. The van der Waals surface area contributed by atoms with Crippen LogP contribution < -0.4 is 15.0 Å². The zero-order valence-corrected chi connectivity index (χ0v) is 17.1. The van der Waals surface area contributed by atoms with Crippen LogP contribution in [0, 0.1) is 11.7 Å². The molecule has 1 N–H and O–H groups in total. The van der Waals surface area contributed by atoms with Crippen molar-refractivity contribution in [1.29, 1.82) is 0 Å². The Morgan fingerprint density at radius 3 is 2.59 bits per heavy atom. The number of benzene rings is 1. The molecular formula is C20H20F4N6O2. The van der Waals surface area contributed by atoms with E-state index in [1.807, 2.05) is 0 Å². The van der Waals surface area contributed by atoms with E-state index in [4.69, 9.17) is 4.74 Å². The molecule has 1 aromatic carbocycles. The average molecular weight is 452 g/mol. The number of carbonyl (C=O) groups is 1. The molecule has 4 rings (SSSR count). The third-order valence-electron chi connectivity index (χ3n) is 5.19. The van der Waals surface area contributed by atoms with Gasteiger partial charge in [0.1, 0.15) is 5.82 Å². The van der Waals surface area contributed by atoms with Gasteiger partial charge in [0.15, 0.2) is 17.2 Å². The fourth-order valence-electron chi connectivity index (χ4n) is 3.59. The second-order valence-corrected chi connectivity index (χ2v) is 7.31. The minimum absolute atomic E-state index is 0.00192. The van der Waals surface area contributed by atoms with Crippen molar-refractivity contribution in [2.75, 3.05) is 29.9 Å². The lowest BCUT2D eigenvalue weighted by molar-refractivity contribution is -0.146. The SMILES string of the molecule is CCOc1ccc(NC(=O)C2CCN(c3ccc4nnc(C(F)(F)F)n4n3)CC2)cc1F. The number of anilines is 2. The maximum Gasteiger partial charge on any atom is 0.453 e. The molecule has 0 unspecified atom stereocenters. The summed E-state index contributed by atoms with van der Waals surface area (Å²) in [5.41, 5.74) is 0.329. The number of halogens is 4. The number of carbonyl (C=O) groups excluding carboxylic acids is 1. The third-order valence-corrected chi connectivity index (χ3v) is 5.19. The van der Waals surface area contributed by atoms with Gasteiger partial charge in [0.05, 0.1) is 6.61 Å². The minimum Gasteiger partial charge on any atom is -0.491 e. The summed E-state index contributed by atoms with van der Waals surface area (Å²) in [7, 11) is 0. The zero-order chi connectivity index (χ0) is 22.9. The molecule has 3 aromatic rings. The van der Waals surface area contributed by atoms with E-state index in [1.54, 1.807) is 24.0 Å². The lowest BCUT2D eigenvalue weighted by Gasteiger charge is -2.32. The molecule has 1 amide bonds. The second kappa shape index (κ2) is 8.60. The molecule has 0 atom stereocenters. The summed E-state index contributed by atoms with van der Waals surface area (Å²) in [6.45, 7) is 2.93. The van der Waals surface area contributed by atoms with Crippen LogP contribution >= 0.6 is 0 Å². The number of hydrogen-bond acceptors (Lipinski definition) is 6. The summed E-state index contributed by atoms with van der Waals surface area (Å²) in [5, 5.41) is 13.4. The Kier molecular flexibility index (Phi) is 5.85. The summed E-state index contributed by atoms with van der Waals surface area (Å²) in [6.07, 6.45) is -3.73. The first kappa shape index (κ1) is 21.8. The average Bonchev–Trinajstić information content (AvgIpc) is 3.20. The van der Waals surface area contributed by atoms with Crippen molar-refractivity contribution in [2.45, 2.75) is 25.9 Å². The number of piperidine rings is 1. The molecule has 0 saturated carbocycles. The summed E-state index contributed by atoms with van der Waals surface area (Å²) in [6, 6.07) is 7.22. The third kappa shape index (κ3) is 4.43. The highest BCUT2D eigenvalue weighted by Crippen LogP contribution is 2.29. The molecule has 0 spiro atoms. The summed E-state index contributed by atoms with van der Waals surface area (Å²) in [5.74, 6) is -1.85. The first-order valence-corrected chi connectivity index (χ1v) is 10.0. The Bertz CT molecular complexity index is 1120. The van der Waals surface area contributed by atoms with Crippen molar-refractivity contribution in [3.05, 3.63) is 42.0 Å². The number of nitrogens with one attached hydrogen (secondary N) is 1. The molecule has 32 heavy (non-hydrogen) atoms. The van der Waals surface area contributed by atoms with E-state index in [-0.39, 0.29) is 23.2 Å². The van der Waals surface area contributed by atoms with Crippen LogP contribution in [0.2, 0.25) is 0 Å². The first-order chi connectivity index (χ1) is 15.3. The van der Waals surface area contributed by atoms with Crippen LogP contribution in [0.25, 0.3) is 5.65 Å². The molecular weight excluding hydrogens is 432 g/mol. The van der Waals surface area contributed by atoms with Crippen LogP contribution in [-0.4, -0.2) is 45.4 Å². The number of nitrogens with zero attached hydrogens (tertiary/aromatic N) is 5. The van der Waals surface area contributed by atoms with Gasteiger partial charge in [0.25, 0.3) is 5.82 Å². The maximum atomic E-state index is 14.0. The number of hydrogen-bond donors (Lipinski definition) is 1. The molecule has 2 aromatic heterocycles. The van der Waals surface area contributed by atoms with E-state index < -0.39 is 17.8 Å². The van der Waals surface area contributed by atoms with Crippen molar-refractivity contribution in [3.63, 3.8) is 0 Å². The van der Waals surface area contributed by atoms with Crippen LogP contribution in [0.4, 0.5) is 29.1 Å². The van der Waals surface area contributed by atoms with E-state index in [0.717, 1.165) is 0 Å². The molecule has 0 bridgehead atoms. The van der Waals surface area contributed by atoms with Gasteiger partial charge in [-0.2, -0.15) is 17.7 Å². The molecule has 0 aliphatic carbocycles. The Morgan fingerprint density at radius 1 is 1.19 bits per heavy atom. The Hall–Kier alpha value is -3.44. The van der Waals surface area contributed by atoms with Crippen LogP contribution in [0.15, 0.2) is 30.3 Å². The van der Waals surface area contributed by atoms with Gasteiger partial charge in [-0.25, -0.2) is 4.39 Å². The molecule has 0 radical (unpaired) electrons. The first-order valence-electron chi connectivity index (χ1n) is 10.0.